The summed E-state index contributed by atoms with van der Waals surface area (Å²) in [5.41, 5.74) is -0.706. The van der Waals surface area contributed by atoms with Gasteiger partial charge >= 0.3 is 5.97 Å². The van der Waals surface area contributed by atoms with Crippen LogP contribution in [0.15, 0.2) is 12.1 Å². The molecule has 0 aliphatic carbocycles. The molecular formula is C15H15ClN2O4S2. The maximum Gasteiger partial charge on any atom is 0.329 e. The number of aliphatic carboxylic acids is 1. The van der Waals surface area contributed by atoms with Crippen molar-refractivity contribution in [2.24, 2.45) is 0 Å². The maximum atomic E-state index is 12.6. The first-order valence-electron chi connectivity index (χ1n) is 7.28. The van der Waals surface area contributed by atoms with Crippen LogP contribution in [-0.4, -0.2) is 40.7 Å². The van der Waals surface area contributed by atoms with E-state index < -0.39 is 17.4 Å². The average molecular weight is 387 g/mol. The minimum absolute atomic E-state index is 0.249. The largest absolute Gasteiger partial charge is 0.480 e. The standard InChI is InChI=1S/C15H15ClN2O4S2/c1-8-11(24-13(17-8)9-2-3-10(16)23-9)12(19)18-15(14(20)21)4-6-22-7-5-15/h2-3H,4-7H2,1H3,(H,18,19)(H,20,21). The summed E-state index contributed by atoms with van der Waals surface area (Å²) in [4.78, 5) is 30.0. The number of thiazole rings is 1. The number of carboxylic acids is 1. The molecule has 2 aromatic heterocycles. The molecule has 6 nitrogen and oxygen atoms in total. The molecule has 3 rings (SSSR count). The molecule has 0 aromatic carbocycles. The molecule has 0 bridgehead atoms. The lowest BCUT2D eigenvalue weighted by atomic mass is 9.90. The molecule has 1 aliphatic heterocycles. The Labute approximate surface area is 151 Å². The lowest BCUT2D eigenvalue weighted by molar-refractivity contribution is -0.148. The van der Waals surface area contributed by atoms with Gasteiger partial charge in [0, 0.05) is 26.1 Å². The molecule has 2 N–H and O–H groups in total. The fourth-order valence-corrected chi connectivity index (χ4v) is 4.59. The van der Waals surface area contributed by atoms with Crippen LogP contribution in [0.4, 0.5) is 0 Å². The Balaban J connectivity index is 1.84. The van der Waals surface area contributed by atoms with E-state index in [0.717, 1.165) is 4.88 Å². The second-order valence-corrected chi connectivity index (χ2v) is 8.21. The zero-order valence-electron chi connectivity index (χ0n) is 12.8. The van der Waals surface area contributed by atoms with Crippen LogP contribution in [0.1, 0.15) is 28.2 Å². The lowest BCUT2D eigenvalue weighted by Gasteiger charge is -2.33. The first-order valence-corrected chi connectivity index (χ1v) is 9.29. The van der Waals surface area contributed by atoms with Gasteiger partial charge in [0.1, 0.15) is 15.4 Å². The molecule has 9 heteroatoms. The highest BCUT2D eigenvalue weighted by Gasteiger charge is 2.42. The molecule has 1 saturated heterocycles. The number of hydrogen-bond acceptors (Lipinski definition) is 6. The summed E-state index contributed by atoms with van der Waals surface area (Å²) in [6.07, 6.45) is 0.499. The number of rotatable bonds is 4. The molecule has 0 spiro atoms. The van der Waals surface area contributed by atoms with Crippen LogP contribution in [0.5, 0.6) is 0 Å². The summed E-state index contributed by atoms with van der Waals surface area (Å²) < 4.78 is 5.86. The fraction of sp³-hybridized carbons (Fsp3) is 0.400. The normalized spacial score (nSPS) is 16.8. The summed E-state index contributed by atoms with van der Waals surface area (Å²) in [5, 5.41) is 12.9. The van der Waals surface area contributed by atoms with Crippen molar-refractivity contribution < 1.29 is 19.4 Å². The Morgan fingerprint density at radius 3 is 2.62 bits per heavy atom. The van der Waals surface area contributed by atoms with Crippen LogP contribution in [0.2, 0.25) is 4.34 Å². The van der Waals surface area contributed by atoms with E-state index >= 15 is 0 Å². The van der Waals surface area contributed by atoms with Crippen LogP contribution in [-0.2, 0) is 9.53 Å². The quantitative estimate of drug-likeness (QED) is 0.842. The topological polar surface area (TPSA) is 88.5 Å². The Hall–Kier alpha value is -1.48. The Morgan fingerprint density at radius 2 is 2.04 bits per heavy atom. The van der Waals surface area contributed by atoms with Gasteiger partial charge in [-0.3, -0.25) is 4.79 Å². The van der Waals surface area contributed by atoms with Crippen LogP contribution in [0.3, 0.4) is 0 Å². The molecule has 2 aromatic rings. The number of carboxylic acid groups (broad SMARTS) is 1. The van der Waals surface area contributed by atoms with Gasteiger partial charge in [0.15, 0.2) is 0 Å². The van der Waals surface area contributed by atoms with Gasteiger partial charge in [-0.05, 0) is 19.1 Å². The number of carbonyl (C=O) groups excluding carboxylic acids is 1. The van der Waals surface area contributed by atoms with Crippen LogP contribution in [0, 0.1) is 6.92 Å². The van der Waals surface area contributed by atoms with E-state index in [0.29, 0.717) is 33.1 Å². The highest BCUT2D eigenvalue weighted by atomic mass is 35.5. The summed E-state index contributed by atoms with van der Waals surface area (Å²) >= 11 is 8.56. The van der Waals surface area contributed by atoms with Crippen molar-refractivity contribution >= 4 is 46.2 Å². The van der Waals surface area contributed by atoms with Crippen LogP contribution < -0.4 is 5.32 Å². The van der Waals surface area contributed by atoms with Crippen LogP contribution in [0.25, 0.3) is 9.88 Å². The molecule has 0 radical (unpaired) electrons. The van der Waals surface area contributed by atoms with E-state index in [1.54, 1.807) is 13.0 Å². The lowest BCUT2D eigenvalue weighted by Crippen LogP contribution is -2.57. The van der Waals surface area contributed by atoms with Gasteiger partial charge in [0.05, 0.1) is 14.9 Å². The number of halogens is 1. The number of hydrogen-bond donors (Lipinski definition) is 2. The van der Waals surface area contributed by atoms with Gasteiger partial charge in [-0.2, -0.15) is 0 Å². The predicted octanol–water partition coefficient (Wildman–Crippen LogP) is 3.20. The van der Waals surface area contributed by atoms with Crippen molar-refractivity contribution in [2.45, 2.75) is 25.3 Å². The number of aromatic nitrogens is 1. The summed E-state index contributed by atoms with van der Waals surface area (Å²) in [6.45, 7) is 2.36. The van der Waals surface area contributed by atoms with Crippen LogP contribution >= 0.6 is 34.3 Å². The van der Waals surface area contributed by atoms with Crippen molar-refractivity contribution in [1.29, 1.82) is 0 Å². The molecule has 3 heterocycles. The molecule has 1 aliphatic rings. The maximum absolute atomic E-state index is 12.6. The van der Waals surface area contributed by atoms with E-state index in [1.807, 2.05) is 6.07 Å². The van der Waals surface area contributed by atoms with Crippen molar-refractivity contribution in [3.05, 3.63) is 27.0 Å². The number of aryl methyl sites for hydroxylation is 1. The number of ether oxygens (including phenoxy) is 1. The van der Waals surface area contributed by atoms with E-state index in [9.17, 15) is 14.7 Å². The second-order valence-electron chi connectivity index (χ2n) is 5.49. The molecule has 1 fully saturated rings. The minimum Gasteiger partial charge on any atom is -0.480 e. The van der Waals surface area contributed by atoms with Gasteiger partial charge < -0.3 is 15.2 Å². The number of carbonyl (C=O) groups is 2. The van der Waals surface area contributed by atoms with Crippen molar-refractivity contribution in [3.8, 4) is 9.88 Å². The third-order valence-corrected chi connectivity index (χ3v) is 6.45. The Morgan fingerprint density at radius 1 is 1.33 bits per heavy atom. The van der Waals surface area contributed by atoms with Crippen molar-refractivity contribution in [1.82, 2.24) is 10.3 Å². The molecule has 0 saturated carbocycles. The molecule has 0 atom stereocenters. The molecule has 0 unspecified atom stereocenters. The van der Waals surface area contributed by atoms with Gasteiger partial charge in [0.2, 0.25) is 0 Å². The average Bonchev–Trinajstić information content (AvgIpc) is 3.14. The highest BCUT2D eigenvalue weighted by molar-refractivity contribution is 7.24. The van der Waals surface area contributed by atoms with Gasteiger partial charge in [0.25, 0.3) is 5.91 Å². The SMILES string of the molecule is Cc1nc(-c2ccc(Cl)s2)sc1C(=O)NC1(C(=O)O)CCOCC1. The highest BCUT2D eigenvalue weighted by Crippen LogP contribution is 2.35. The second kappa shape index (κ2) is 6.79. The van der Waals surface area contributed by atoms with Gasteiger partial charge in [-0.15, -0.1) is 22.7 Å². The van der Waals surface area contributed by atoms with Crippen molar-refractivity contribution in [3.63, 3.8) is 0 Å². The van der Waals surface area contributed by atoms with Crippen molar-refractivity contribution in [2.75, 3.05) is 13.2 Å². The zero-order chi connectivity index (χ0) is 17.3. The number of nitrogens with one attached hydrogen (secondary N) is 1. The Bertz CT molecular complexity index is 780. The number of amides is 1. The molecule has 128 valence electrons. The summed E-state index contributed by atoms with van der Waals surface area (Å²) in [7, 11) is 0. The summed E-state index contributed by atoms with van der Waals surface area (Å²) in [5.74, 6) is -1.45. The van der Waals surface area contributed by atoms with E-state index in [-0.39, 0.29) is 12.8 Å². The van der Waals surface area contributed by atoms with E-state index in [4.69, 9.17) is 16.3 Å². The predicted molar refractivity (Wildman–Crippen MR) is 93.1 cm³/mol. The zero-order valence-corrected chi connectivity index (χ0v) is 15.2. The minimum atomic E-state index is -1.28. The van der Waals surface area contributed by atoms with E-state index in [1.165, 1.54) is 22.7 Å². The molecule has 1 amide bonds. The van der Waals surface area contributed by atoms with E-state index in [2.05, 4.69) is 10.3 Å². The first kappa shape index (κ1) is 17.3. The molecular weight excluding hydrogens is 372 g/mol. The first-order chi connectivity index (χ1) is 11.4. The van der Waals surface area contributed by atoms with Gasteiger partial charge in [-0.25, -0.2) is 9.78 Å². The third kappa shape index (κ3) is 3.32. The monoisotopic (exact) mass is 386 g/mol. The summed E-state index contributed by atoms with van der Waals surface area (Å²) in [6, 6.07) is 3.63. The smallest absolute Gasteiger partial charge is 0.329 e. The third-order valence-electron chi connectivity index (χ3n) is 3.90. The number of thiophene rings is 1. The fourth-order valence-electron chi connectivity index (χ4n) is 2.53. The number of nitrogens with zero attached hydrogens (tertiary/aromatic N) is 1. The Kier molecular flexibility index (Phi) is 4.91. The molecule has 24 heavy (non-hydrogen) atoms. The van der Waals surface area contributed by atoms with Gasteiger partial charge in [-0.1, -0.05) is 11.6 Å².